The fourth-order valence-corrected chi connectivity index (χ4v) is 2.18. The third-order valence-electron chi connectivity index (χ3n) is 3.59. The molecule has 0 bridgehead atoms. The average molecular weight is 263 g/mol. The summed E-state index contributed by atoms with van der Waals surface area (Å²) in [6.45, 7) is 4.71. The van der Waals surface area contributed by atoms with Gasteiger partial charge in [0.15, 0.2) is 0 Å². The van der Waals surface area contributed by atoms with Crippen LogP contribution in [0.15, 0.2) is 12.1 Å². The highest BCUT2D eigenvalue weighted by Crippen LogP contribution is 2.30. The van der Waals surface area contributed by atoms with E-state index in [1.54, 1.807) is 19.1 Å². The third kappa shape index (κ3) is 2.52. The molecule has 1 aromatic heterocycles. The summed E-state index contributed by atoms with van der Waals surface area (Å²) >= 11 is 0. The molecule has 0 spiro atoms. The van der Waals surface area contributed by atoms with Crippen molar-refractivity contribution in [1.29, 1.82) is 0 Å². The van der Waals surface area contributed by atoms with Gasteiger partial charge in [0.05, 0.1) is 11.5 Å². The number of hydrogen-bond donors (Lipinski definition) is 2. The Bertz CT molecular complexity index is 524. The van der Waals surface area contributed by atoms with Gasteiger partial charge in [-0.2, -0.15) is 0 Å². The van der Waals surface area contributed by atoms with Crippen LogP contribution in [0.1, 0.15) is 23.0 Å². The van der Waals surface area contributed by atoms with Crippen LogP contribution in [0.5, 0.6) is 0 Å². The molecule has 1 amide bonds. The van der Waals surface area contributed by atoms with Crippen LogP contribution in [-0.2, 0) is 4.79 Å². The number of rotatable bonds is 4. The highest BCUT2D eigenvalue weighted by Gasteiger charge is 2.36. The number of nitrogens with zero attached hydrogens (tertiary/aromatic N) is 2. The molecule has 1 aliphatic rings. The lowest BCUT2D eigenvalue weighted by molar-refractivity contribution is -0.143. The van der Waals surface area contributed by atoms with Gasteiger partial charge in [-0.3, -0.25) is 9.59 Å². The molecule has 6 heteroatoms. The Hall–Kier alpha value is -2.11. The molecule has 1 atom stereocenters. The van der Waals surface area contributed by atoms with Crippen LogP contribution in [0.3, 0.4) is 0 Å². The van der Waals surface area contributed by atoms with Crippen molar-refractivity contribution in [1.82, 2.24) is 4.98 Å². The molecule has 0 radical (unpaired) electrons. The number of primary amides is 1. The van der Waals surface area contributed by atoms with E-state index >= 15 is 0 Å². The lowest BCUT2D eigenvalue weighted by Gasteiger charge is -2.42. The smallest absolute Gasteiger partial charge is 0.306 e. The number of carboxylic acid groups (broad SMARTS) is 1. The van der Waals surface area contributed by atoms with Crippen LogP contribution in [0, 0.1) is 18.8 Å². The molecule has 0 saturated carbocycles. The molecule has 1 aliphatic heterocycles. The lowest BCUT2D eigenvalue weighted by atomic mass is 9.87. The van der Waals surface area contributed by atoms with Gasteiger partial charge in [-0.05, 0) is 19.1 Å². The molecule has 1 unspecified atom stereocenters. The van der Waals surface area contributed by atoms with Gasteiger partial charge >= 0.3 is 5.97 Å². The van der Waals surface area contributed by atoms with E-state index in [0.717, 1.165) is 5.69 Å². The summed E-state index contributed by atoms with van der Waals surface area (Å²) in [5.74, 6) is -1.06. The number of aryl methyl sites for hydroxylation is 1. The van der Waals surface area contributed by atoms with Crippen LogP contribution in [0.4, 0.5) is 5.82 Å². The van der Waals surface area contributed by atoms with Crippen molar-refractivity contribution in [3.05, 3.63) is 23.4 Å². The van der Waals surface area contributed by atoms with Crippen molar-refractivity contribution >= 4 is 17.7 Å². The molecular formula is C13H17N3O3. The van der Waals surface area contributed by atoms with Crippen LogP contribution in [0.2, 0.25) is 0 Å². The summed E-state index contributed by atoms with van der Waals surface area (Å²) in [4.78, 5) is 28.5. The minimum atomic E-state index is -0.794. The number of aliphatic carboxylic acids is 1. The van der Waals surface area contributed by atoms with Gasteiger partial charge in [-0.1, -0.05) is 6.92 Å². The number of carboxylic acids is 1. The van der Waals surface area contributed by atoms with Crippen molar-refractivity contribution in [3.8, 4) is 0 Å². The Labute approximate surface area is 111 Å². The second kappa shape index (κ2) is 4.87. The molecule has 0 aromatic carbocycles. The minimum Gasteiger partial charge on any atom is -0.481 e. The van der Waals surface area contributed by atoms with E-state index in [9.17, 15) is 9.59 Å². The van der Waals surface area contributed by atoms with Gasteiger partial charge in [0.25, 0.3) is 5.91 Å². The van der Waals surface area contributed by atoms with Crippen LogP contribution in [-0.4, -0.2) is 35.1 Å². The van der Waals surface area contributed by atoms with Gasteiger partial charge in [-0.25, -0.2) is 4.98 Å². The van der Waals surface area contributed by atoms with Gasteiger partial charge in [0.2, 0.25) is 0 Å². The molecule has 19 heavy (non-hydrogen) atoms. The van der Waals surface area contributed by atoms with Crippen molar-refractivity contribution in [2.24, 2.45) is 17.6 Å². The summed E-state index contributed by atoms with van der Waals surface area (Å²) in [6, 6.07) is 3.40. The summed E-state index contributed by atoms with van der Waals surface area (Å²) in [5.41, 5.74) is 6.51. The van der Waals surface area contributed by atoms with Crippen molar-refractivity contribution < 1.29 is 14.7 Å². The zero-order valence-corrected chi connectivity index (χ0v) is 11.0. The molecule has 0 aliphatic carbocycles. The number of amides is 1. The van der Waals surface area contributed by atoms with Crippen LogP contribution >= 0.6 is 0 Å². The first-order valence-electron chi connectivity index (χ1n) is 6.15. The van der Waals surface area contributed by atoms with Gasteiger partial charge in [0.1, 0.15) is 5.82 Å². The first-order valence-corrected chi connectivity index (χ1v) is 6.15. The van der Waals surface area contributed by atoms with E-state index in [0.29, 0.717) is 24.5 Å². The van der Waals surface area contributed by atoms with E-state index in [1.165, 1.54) is 0 Å². The predicted octanol–water partition coefficient (Wildman–Crippen LogP) is 0.646. The topological polar surface area (TPSA) is 96.5 Å². The highest BCUT2D eigenvalue weighted by molar-refractivity contribution is 5.97. The Balaban J connectivity index is 2.15. The molecule has 2 rings (SSSR count). The molecule has 6 nitrogen and oxygen atoms in total. The van der Waals surface area contributed by atoms with Gasteiger partial charge in [0, 0.05) is 24.7 Å². The van der Waals surface area contributed by atoms with Crippen LogP contribution in [0.25, 0.3) is 0 Å². The zero-order chi connectivity index (χ0) is 14.2. The van der Waals surface area contributed by atoms with Crippen molar-refractivity contribution in [2.75, 3.05) is 18.0 Å². The molecule has 2 heterocycles. The third-order valence-corrected chi connectivity index (χ3v) is 3.59. The SMILES string of the molecule is Cc1ccc(C(N)=O)c(N2CC(C(C)C(=O)O)C2)n1. The maximum absolute atomic E-state index is 11.4. The normalized spacial score (nSPS) is 16.8. The van der Waals surface area contributed by atoms with E-state index in [-0.39, 0.29) is 5.92 Å². The number of nitrogens with two attached hydrogens (primary N) is 1. The average Bonchev–Trinajstić information content (AvgIpc) is 2.26. The zero-order valence-electron chi connectivity index (χ0n) is 11.0. The summed E-state index contributed by atoms with van der Waals surface area (Å²) < 4.78 is 0. The first kappa shape index (κ1) is 13.3. The molecular weight excluding hydrogens is 246 g/mol. The first-order chi connectivity index (χ1) is 8.90. The van der Waals surface area contributed by atoms with E-state index in [1.807, 2.05) is 11.8 Å². The van der Waals surface area contributed by atoms with Gasteiger partial charge in [-0.15, -0.1) is 0 Å². The largest absolute Gasteiger partial charge is 0.481 e. The molecule has 1 saturated heterocycles. The summed E-state index contributed by atoms with van der Waals surface area (Å²) in [5, 5.41) is 8.95. The second-order valence-corrected chi connectivity index (χ2v) is 4.98. The van der Waals surface area contributed by atoms with Crippen molar-refractivity contribution in [2.45, 2.75) is 13.8 Å². The Morgan fingerprint density at radius 1 is 1.47 bits per heavy atom. The van der Waals surface area contributed by atoms with Crippen molar-refractivity contribution in [3.63, 3.8) is 0 Å². The second-order valence-electron chi connectivity index (χ2n) is 4.98. The predicted molar refractivity (Wildman–Crippen MR) is 70.0 cm³/mol. The summed E-state index contributed by atoms with van der Waals surface area (Å²) in [7, 11) is 0. The number of aromatic nitrogens is 1. The number of pyridine rings is 1. The number of carbonyl (C=O) groups excluding carboxylic acids is 1. The highest BCUT2D eigenvalue weighted by atomic mass is 16.4. The molecule has 1 fully saturated rings. The monoisotopic (exact) mass is 263 g/mol. The van der Waals surface area contributed by atoms with E-state index < -0.39 is 17.8 Å². The standard InChI is InChI=1S/C13H17N3O3/c1-7-3-4-10(11(14)17)12(15-7)16-5-9(6-16)8(2)13(18)19/h3-4,8-9H,5-6H2,1-2H3,(H2,14,17)(H,18,19). The number of carbonyl (C=O) groups is 2. The van der Waals surface area contributed by atoms with Gasteiger partial charge < -0.3 is 15.7 Å². The maximum Gasteiger partial charge on any atom is 0.306 e. The quantitative estimate of drug-likeness (QED) is 0.831. The van der Waals surface area contributed by atoms with E-state index in [4.69, 9.17) is 10.8 Å². The van der Waals surface area contributed by atoms with Crippen LogP contribution < -0.4 is 10.6 Å². The Morgan fingerprint density at radius 2 is 2.11 bits per heavy atom. The Morgan fingerprint density at radius 3 is 2.63 bits per heavy atom. The number of anilines is 1. The molecule has 3 N–H and O–H groups in total. The maximum atomic E-state index is 11.4. The summed E-state index contributed by atoms with van der Waals surface area (Å²) in [6.07, 6.45) is 0. The minimum absolute atomic E-state index is 0.0838. The lowest BCUT2D eigenvalue weighted by Crippen LogP contribution is -2.52. The Kier molecular flexibility index (Phi) is 3.42. The number of hydrogen-bond acceptors (Lipinski definition) is 4. The fourth-order valence-electron chi connectivity index (χ4n) is 2.18. The molecule has 102 valence electrons. The fraction of sp³-hybridized carbons (Fsp3) is 0.462. The molecule has 1 aromatic rings. The van der Waals surface area contributed by atoms with E-state index in [2.05, 4.69) is 4.98 Å².